The van der Waals surface area contributed by atoms with Gasteiger partial charge in [0, 0.05) is 24.8 Å². The van der Waals surface area contributed by atoms with Gasteiger partial charge in [0.05, 0.1) is 17.1 Å². The monoisotopic (exact) mass is 332 g/mol. The van der Waals surface area contributed by atoms with Crippen LogP contribution in [0.25, 0.3) is 0 Å². The second-order valence-electron chi connectivity index (χ2n) is 5.66. The summed E-state index contributed by atoms with van der Waals surface area (Å²) in [6.07, 6.45) is 1.78. The van der Waals surface area contributed by atoms with E-state index in [1.165, 1.54) is 0 Å². The first kappa shape index (κ1) is 16.7. The lowest BCUT2D eigenvalue weighted by Crippen LogP contribution is -2.15. The maximum absolute atomic E-state index is 12.3. The quantitative estimate of drug-likeness (QED) is 0.606. The van der Waals surface area contributed by atoms with Crippen molar-refractivity contribution >= 4 is 17.3 Å². The van der Waals surface area contributed by atoms with Crippen LogP contribution in [-0.2, 0) is 13.1 Å². The average Bonchev–Trinajstić information content (AvgIpc) is 2.65. The van der Waals surface area contributed by atoms with Crippen LogP contribution in [0, 0.1) is 0 Å². The number of hydrogen-bond acceptors (Lipinski definition) is 4. The first-order valence-electron chi connectivity index (χ1n) is 8.08. The molecule has 4 N–H and O–H groups in total. The molecule has 5 heteroatoms. The molecule has 0 aliphatic heterocycles. The topological polar surface area (TPSA) is 80.0 Å². The van der Waals surface area contributed by atoms with E-state index in [0.29, 0.717) is 30.0 Å². The number of nitrogens with two attached hydrogens (primary N) is 1. The van der Waals surface area contributed by atoms with Gasteiger partial charge < -0.3 is 16.4 Å². The predicted octanol–water partition coefficient (Wildman–Crippen LogP) is 3.21. The number of carbonyl (C=O) groups is 1. The minimum Gasteiger partial charge on any atom is -0.397 e. The fourth-order valence-electron chi connectivity index (χ4n) is 2.42. The van der Waals surface area contributed by atoms with Crippen LogP contribution in [0.5, 0.6) is 0 Å². The van der Waals surface area contributed by atoms with Crippen LogP contribution in [0.3, 0.4) is 0 Å². The zero-order valence-electron chi connectivity index (χ0n) is 13.8. The number of nitrogens with one attached hydrogen (secondary N) is 2. The maximum atomic E-state index is 12.3. The Labute approximate surface area is 146 Å². The van der Waals surface area contributed by atoms with Crippen LogP contribution in [0.15, 0.2) is 72.9 Å². The van der Waals surface area contributed by atoms with E-state index in [1.54, 1.807) is 18.3 Å². The van der Waals surface area contributed by atoms with E-state index in [9.17, 15) is 4.79 Å². The molecule has 1 amide bonds. The summed E-state index contributed by atoms with van der Waals surface area (Å²) in [4.78, 5) is 16.6. The zero-order valence-corrected chi connectivity index (χ0v) is 13.8. The number of anilines is 2. The largest absolute Gasteiger partial charge is 0.397 e. The van der Waals surface area contributed by atoms with Crippen molar-refractivity contribution in [2.45, 2.75) is 13.1 Å². The van der Waals surface area contributed by atoms with Crippen LogP contribution in [0.1, 0.15) is 21.6 Å². The maximum Gasteiger partial charge on any atom is 0.255 e. The summed E-state index contributed by atoms with van der Waals surface area (Å²) >= 11 is 0. The van der Waals surface area contributed by atoms with E-state index in [0.717, 1.165) is 11.3 Å². The Morgan fingerprint density at radius 3 is 2.40 bits per heavy atom. The highest BCUT2D eigenvalue weighted by Crippen LogP contribution is 2.18. The molecule has 0 unspecified atom stereocenters. The third-order valence-corrected chi connectivity index (χ3v) is 3.79. The molecule has 5 nitrogen and oxygen atoms in total. The Morgan fingerprint density at radius 2 is 1.68 bits per heavy atom. The highest BCUT2D eigenvalue weighted by atomic mass is 16.1. The van der Waals surface area contributed by atoms with Crippen LogP contribution in [0.2, 0.25) is 0 Å². The molecule has 0 radical (unpaired) electrons. The van der Waals surface area contributed by atoms with Crippen molar-refractivity contribution in [2.75, 3.05) is 11.1 Å². The van der Waals surface area contributed by atoms with E-state index >= 15 is 0 Å². The molecule has 3 aromatic rings. The van der Waals surface area contributed by atoms with Gasteiger partial charge in [0.1, 0.15) is 0 Å². The number of para-hydroxylation sites is 2. The molecule has 0 atom stereocenters. The standard InChI is InChI=1S/C20H20N4O/c21-18-6-1-2-7-19(18)24-20(25)16-10-8-15(9-11-16)13-22-14-17-5-3-4-12-23-17/h1-12,22H,13-14,21H2,(H,24,25). The summed E-state index contributed by atoms with van der Waals surface area (Å²) in [5, 5.41) is 6.16. The molecule has 0 aliphatic rings. The molecule has 126 valence electrons. The van der Waals surface area contributed by atoms with Crippen molar-refractivity contribution in [3.63, 3.8) is 0 Å². The minimum atomic E-state index is -0.175. The van der Waals surface area contributed by atoms with Crippen molar-refractivity contribution in [3.05, 3.63) is 89.7 Å². The lowest BCUT2D eigenvalue weighted by molar-refractivity contribution is 0.102. The predicted molar refractivity (Wildman–Crippen MR) is 100 cm³/mol. The molecular formula is C20H20N4O. The number of pyridine rings is 1. The number of amides is 1. The van der Waals surface area contributed by atoms with Gasteiger partial charge in [0.15, 0.2) is 0 Å². The Bertz CT molecular complexity index is 832. The van der Waals surface area contributed by atoms with E-state index < -0.39 is 0 Å². The number of aromatic nitrogens is 1. The van der Waals surface area contributed by atoms with Crippen molar-refractivity contribution in [2.24, 2.45) is 0 Å². The number of hydrogen-bond donors (Lipinski definition) is 3. The van der Waals surface area contributed by atoms with Crippen molar-refractivity contribution in [3.8, 4) is 0 Å². The highest BCUT2D eigenvalue weighted by molar-refractivity contribution is 6.05. The minimum absolute atomic E-state index is 0.175. The van der Waals surface area contributed by atoms with Crippen molar-refractivity contribution < 1.29 is 4.79 Å². The molecule has 3 rings (SSSR count). The van der Waals surface area contributed by atoms with Gasteiger partial charge in [-0.3, -0.25) is 9.78 Å². The van der Waals surface area contributed by atoms with E-state index in [4.69, 9.17) is 5.73 Å². The molecule has 2 aromatic carbocycles. The molecule has 1 heterocycles. The van der Waals surface area contributed by atoms with Crippen LogP contribution in [0.4, 0.5) is 11.4 Å². The Balaban J connectivity index is 1.54. The molecular weight excluding hydrogens is 312 g/mol. The van der Waals surface area contributed by atoms with Gasteiger partial charge in [-0.05, 0) is 42.0 Å². The third kappa shape index (κ3) is 4.65. The second-order valence-corrected chi connectivity index (χ2v) is 5.66. The summed E-state index contributed by atoms with van der Waals surface area (Å²) in [7, 11) is 0. The first-order chi connectivity index (χ1) is 12.2. The first-order valence-corrected chi connectivity index (χ1v) is 8.08. The molecule has 0 fully saturated rings. The van der Waals surface area contributed by atoms with E-state index in [1.807, 2.05) is 54.6 Å². The van der Waals surface area contributed by atoms with Gasteiger partial charge in [0.2, 0.25) is 0 Å². The summed E-state index contributed by atoms with van der Waals surface area (Å²) in [6, 6.07) is 20.6. The summed E-state index contributed by atoms with van der Waals surface area (Å²) in [6.45, 7) is 1.42. The van der Waals surface area contributed by atoms with Gasteiger partial charge >= 0.3 is 0 Å². The average molecular weight is 332 g/mol. The second kappa shape index (κ2) is 8.08. The van der Waals surface area contributed by atoms with Gasteiger partial charge in [-0.25, -0.2) is 0 Å². The van der Waals surface area contributed by atoms with Crippen molar-refractivity contribution in [1.82, 2.24) is 10.3 Å². The molecule has 0 saturated carbocycles. The summed E-state index contributed by atoms with van der Waals surface area (Å²) in [5.74, 6) is -0.175. The number of nitrogens with zero attached hydrogens (tertiary/aromatic N) is 1. The normalized spacial score (nSPS) is 10.4. The molecule has 0 saturated heterocycles. The molecule has 0 aliphatic carbocycles. The molecule has 25 heavy (non-hydrogen) atoms. The Kier molecular flexibility index (Phi) is 5.39. The van der Waals surface area contributed by atoms with Crippen molar-refractivity contribution in [1.29, 1.82) is 0 Å². The smallest absolute Gasteiger partial charge is 0.255 e. The number of nitrogen functional groups attached to an aromatic ring is 1. The number of rotatable bonds is 6. The van der Waals surface area contributed by atoms with Gasteiger partial charge in [0.25, 0.3) is 5.91 Å². The zero-order chi connectivity index (χ0) is 17.5. The van der Waals surface area contributed by atoms with Crippen LogP contribution in [-0.4, -0.2) is 10.9 Å². The van der Waals surface area contributed by atoms with E-state index in [2.05, 4.69) is 15.6 Å². The van der Waals surface area contributed by atoms with Gasteiger partial charge in [-0.2, -0.15) is 0 Å². The van der Waals surface area contributed by atoms with Crippen LogP contribution >= 0.6 is 0 Å². The lowest BCUT2D eigenvalue weighted by atomic mass is 10.1. The van der Waals surface area contributed by atoms with E-state index in [-0.39, 0.29) is 5.91 Å². The number of benzene rings is 2. The van der Waals surface area contributed by atoms with Crippen LogP contribution < -0.4 is 16.4 Å². The summed E-state index contributed by atoms with van der Waals surface area (Å²) < 4.78 is 0. The number of carbonyl (C=O) groups excluding carboxylic acids is 1. The third-order valence-electron chi connectivity index (χ3n) is 3.79. The molecule has 1 aromatic heterocycles. The highest BCUT2D eigenvalue weighted by Gasteiger charge is 2.07. The summed E-state index contributed by atoms with van der Waals surface area (Å²) in [5.41, 5.74) is 9.71. The fraction of sp³-hybridized carbons (Fsp3) is 0.100. The van der Waals surface area contributed by atoms with Gasteiger partial charge in [-0.1, -0.05) is 30.3 Å². The van der Waals surface area contributed by atoms with Gasteiger partial charge in [-0.15, -0.1) is 0 Å². The lowest BCUT2D eigenvalue weighted by Gasteiger charge is -2.09. The molecule has 0 spiro atoms. The Morgan fingerprint density at radius 1 is 0.920 bits per heavy atom. The molecule has 0 bridgehead atoms. The Hall–Kier alpha value is -3.18. The fourth-order valence-corrected chi connectivity index (χ4v) is 2.42. The SMILES string of the molecule is Nc1ccccc1NC(=O)c1ccc(CNCc2ccccn2)cc1.